The predicted molar refractivity (Wildman–Crippen MR) is 45.2 cm³/mol. The number of hydrogen-bond acceptors (Lipinski definition) is 3. The van der Waals surface area contributed by atoms with Crippen molar-refractivity contribution in [1.82, 2.24) is 0 Å². The lowest BCUT2D eigenvalue weighted by molar-refractivity contribution is 0.182. The Kier molecular flexibility index (Phi) is 3.30. The van der Waals surface area contributed by atoms with Crippen LogP contribution < -0.4 is 11.5 Å². The van der Waals surface area contributed by atoms with E-state index in [9.17, 15) is 0 Å². The van der Waals surface area contributed by atoms with Crippen LogP contribution in [0.1, 0.15) is 19.8 Å². The lowest BCUT2D eigenvalue weighted by Gasteiger charge is -2.18. The molecule has 0 amide bonds. The zero-order valence-electron chi connectivity index (χ0n) is 7.12. The van der Waals surface area contributed by atoms with Crippen LogP contribution in [-0.4, -0.2) is 25.3 Å². The SMILES string of the molecule is CC(N)C(N)CC1CCOC1. The molecule has 1 saturated heterocycles. The monoisotopic (exact) mass is 158 g/mol. The van der Waals surface area contributed by atoms with Gasteiger partial charge >= 0.3 is 0 Å². The third kappa shape index (κ3) is 2.77. The summed E-state index contributed by atoms with van der Waals surface area (Å²) in [4.78, 5) is 0. The van der Waals surface area contributed by atoms with Gasteiger partial charge in [-0.1, -0.05) is 0 Å². The maximum atomic E-state index is 5.82. The molecule has 0 bridgehead atoms. The fourth-order valence-electron chi connectivity index (χ4n) is 1.37. The minimum atomic E-state index is 0.107. The van der Waals surface area contributed by atoms with Gasteiger partial charge < -0.3 is 16.2 Å². The summed E-state index contributed by atoms with van der Waals surface area (Å²) in [5.41, 5.74) is 11.5. The highest BCUT2D eigenvalue weighted by atomic mass is 16.5. The highest BCUT2D eigenvalue weighted by molar-refractivity contribution is 4.77. The van der Waals surface area contributed by atoms with Crippen LogP contribution in [0.25, 0.3) is 0 Å². The van der Waals surface area contributed by atoms with Crippen molar-refractivity contribution in [3.63, 3.8) is 0 Å². The van der Waals surface area contributed by atoms with Crippen molar-refractivity contribution in [2.24, 2.45) is 17.4 Å². The first kappa shape index (κ1) is 8.97. The van der Waals surface area contributed by atoms with Crippen molar-refractivity contribution in [2.75, 3.05) is 13.2 Å². The molecule has 3 unspecified atom stereocenters. The van der Waals surface area contributed by atoms with Crippen molar-refractivity contribution in [3.05, 3.63) is 0 Å². The molecule has 1 aliphatic rings. The summed E-state index contributed by atoms with van der Waals surface area (Å²) < 4.78 is 5.24. The second-order valence-electron chi connectivity index (χ2n) is 3.49. The van der Waals surface area contributed by atoms with Gasteiger partial charge in [-0.2, -0.15) is 0 Å². The summed E-state index contributed by atoms with van der Waals surface area (Å²) in [5.74, 6) is 0.649. The van der Waals surface area contributed by atoms with Crippen LogP contribution in [0, 0.1) is 5.92 Å². The summed E-state index contributed by atoms with van der Waals surface area (Å²) in [6, 6.07) is 0.247. The Morgan fingerprint density at radius 3 is 2.73 bits per heavy atom. The maximum absolute atomic E-state index is 5.82. The van der Waals surface area contributed by atoms with E-state index >= 15 is 0 Å². The third-order valence-electron chi connectivity index (χ3n) is 2.30. The van der Waals surface area contributed by atoms with E-state index in [0.29, 0.717) is 5.92 Å². The second-order valence-corrected chi connectivity index (χ2v) is 3.49. The first-order valence-electron chi connectivity index (χ1n) is 4.29. The minimum Gasteiger partial charge on any atom is -0.381 e. The van der Waals surface area contributed by atoms with E-state index in [1.165, 1.54) is 0 Å². The largest absolute Gasteiger partial charge is 0.381 e. The topological polar surface area (TPSA) is 61.3 Å². The molecular weight excluding hydrogens is 140 g/mol. The molecule has 0 aromatic carbocycles. The Morgan fingerprint density at radius 1 is 1.55 bits per heavy atom. The van der Waals surface area contributed by atoms with Crippen LogP contribution in [0.5, 0.6) is 0 Å². The van der Waals surface area contributed by atoms with Crippen LogP contribution in [-0.2, 0) is 4.74 Å². The van der Waals surface area contributed by atoms with Crippen molar-refractivity contribution in [2.45, 2.75) is 31.8 Å². The van der Waals surface area contributed by atoms with Crippen LogP contribution in [0.3, 0.4) is 0 Å². The summed E-state index contributed by atoms with van der Waals surface area (Å²) in [5, 5.41) is 0. The van der Waals surface area contributed by atoms with Gasteiger partial charge in [0.1, 0.15) is 0 Å². The Morgan fingerprint density at radius 2 is 2.27 bits per heavy atom. The van der Waals surface area contributed by atoms with Gasteiger partial charge in [0, 0.05) is 25.3 Å². The Labute approximate surface area is 68.1 Å². The average Bonchev–Trinajstić information content (AvgIpc) is 2.39. The molecule has 1 rings (SSSR count). The van der Waals surface area contributed by atoms with Gasteiger partial charge in [-0.15, -0.1) is 0 Å². The van der Waals surface area contributed by atoms with E-state index in [0.717, 1.165) is 26.1 Å². The highest BCUT2D eigenvalue weighted by Crippen LogP contribution is 2.17. The summed E-state index contributed by atoms with van der Waals surface area (Å²) in [6.45, 7) is 3.73. The molecule has 1 fully saturated rings. The quantitative estimate of drug-likeness (QED) is 0.612. The molecule has 1 heterocycles. The lowest BCUT2D eigenvalue weighted by atomic mass is 9.96. The summed E-state index contributed by atoms with van der Waals surface area (Å²) in [6.07, 6.45) is 2.16. The first-order valence-corrected chi connectivity index (χ1v) is 4.29. The fourth-order valence-corrected chi connectivity index (χ4v) is 1.37. The Bertz CT molecular complexity index is 111. The highest BCUT2D eigenvalue weighted by Gasteiger charge is 2.20. The number of ether oxygens (including phenoxy) is 1. The van der Waals surface area contributed by atoms with Gasteiger partial charge in [-0.3, -0.25) is 0 Å². The van der Waals surface area contributed by atoms with Gasteiger partial charge in [-0.25, -0.2) is 0 Å². The van der Waals surface area contributed by atoms with E-state index in [-0.39, 0.29) is 12.1 Å². The van der Waals surface area contributed by atoms with E-state index < -0.39 is 0 Å². The molecule has 0 aromatic rings. The third-order valence-corrected chi connectivity index (χ3v) is 2.30. The Balaban J connectivity index is 2.18. The molecule has 0 aliphatic carbocycles. The zero-order chi connectivity index (χ0) is 8.27. The number of rotatable bonds is 3. The molecule has 3 atom stereocenters. The fraction of sp³-hybridized carbons (Fsp3) is 1.00. The van der Waals surface area contributed by atoms with Crippen LogP contribution in [0.15, 0.2) is 0 Å². The molecule has 0 radical (unpaired) electrons. The van der Waals surface area contributed by atoms with Crippen LogP contribution >= 0.6 is 0 Å². The molecule has 1 aliphatic heterocycles. The molecular formula is C8H18N2O. The van der Waals surface area contributed by atoms with Crippen molar-refractivity contribution >= 4 is 0 Å². The van der Waals surface area contributed by atoms with E-state index in [1.54, 1.807) is 0 Å². The molecule has 0 aromatic heterocycles. The average molecular weight is 158 g/mol. The molecule has 4 N–H and O–H groups in total. The van der Waals surface area contributed by atoms with Gasteiger partial charge in [-0.05, 0) is 25.7 Å². The summed E-state index contributed by atoms with van der Waals surface area (Å²) in [7, 11) is 0. The molecule has 66 valence electrons. The predicted octanol–water partition coefficient (Wildman–Crippen LogP) is 0.0875. The standard InChI is InChI=1S/C8H18N2O/c1-6(9)8(10)4-7-2-3-11-5-7/h6-8H,2-5,9-10H2,1H3. The second kappa shape index (κ2) is 4.04. The molecule has 3 nitrogen and oxygen atoms in total. The van der Waals surface area contributed by atoms with Gasteiger partial charge in [0.25, 0.3) is 0 Å². The smallest absolute Gasteiger partial charge is 0.0495 e. The van der Waals surface area contributed by atoms with Crippen LogP contribution in [0.2, 0.25) is 0 Å². The molecule has 0 spiro atoms. The van der Waals surface area contributed by atoms with Crippen molar-refractivity contribution < 1.29 is 4.74 Å². The van der Waals surface area contributed by atoms with Gasteiger partial charge in [0.2, 0.25) is 0 Å². The number of nitrogens with two attached hydrogens (primary N) is 2. The molecule has 3 heteroatoms. The Hall–Kier alpha value is -0.120. The first-order chi connectivity index (χ1) is 5.20. The zero-order valence-corrected chi connectivity index (χ0v) is 7.12. The van der Waals surface area contributed by atoms with Crippen molar-refractivity contribution in [3.8, 4) is 0 Å². The van der Waals surface area contributed by atoms with Crippen molar-refractivity contribution in [1.29, 1.82) is 0 Å². The number of hydrogen-bond donors (Lipinski definition) is 2. The minimum absolute atomic E-state index is 0.107. The van der Waals surface area contributed by atoms with Gasteiger partial charge in [0.15, 0.2) is 0 Å². The van der Waals surface area contributed by atoms with E-state index in [2.05, 4.69) is 0 Å². The normalized spacial score (nSPS) is 30.3. The van der Waals surface area contributed by atoms with Crippen LogP contribution in [0.4, 0.5) is 0 Å². The van der Waals surface area contributed by atoms with Gasteiger partial charge in [0.05, 0.1) is 0 Å². The molecule has 0 saturated carbocycles. The van der Waals surface area contributed by atoms with E-state index in [1.807, 2.05) is 6.92 Å². The molecule has 11 heavy (non-hydrogen) atoms. The maximum Gasteiger partial charge on any atom is 0.0495 e. The van der Waals surface area contributed by atoms with E-state index in [4.69, 9.17) is 16.2 Å². The summed E-state index contributed by atoms with van der Waals surface area (Å²) >= 11 is 0. The lowest BCUT2D eigenvalue weighted by Crippen LogP contribution is -2.40.